The quantitative estimate of drug-likeness (QED) is 0.539. The smallest absolute Gasteiger partial charge is 0.330 e. The molecule has 0 aliphatic heterocycles. The van der Waals surface area contributed by atoms with Crippen LogP contribution in [-0.4, -0.2) is 11.1 Å². The fourth-order valence-electron chi connectivity index (χ4n) is 0.462. The number of ether oxygens (including phenoxy) is 1. The lowest BCUT2D eigenvalue weighted by atomic mass is 10.2. The summed E-state index contributed by atoms with van der Waals surface area (Å²) in [7, 11) is 0. The second-order valence-electron chi connectivity index (χ2n) is 2.07. The molecule has 0 saturated heterocycles. The number of hydrogen-bond acceptors (Lipinski definition) is 2. The Kier molecular flexibility index (Phi) is 11.3. The summed E-state index contributed by atoms with van der Waals surface area (Å²) in [6.07, 6.45) is 5.10. The zero-order valence-electron chi connectivity index (χ0n) is 8.12. The third-order valence-corrected chi connectivity index (χ3v) is 1.04. The van der Waals surface area contributed by atoms with Crippen molar-refractivity contribution >= 4 is 5.97 Å². The second kappa shape index (κ2) is 10.5. The number of carboxylic acid groups (broad SMARTS) is 1. The Morgan fingerprint density at radius 3 is 2.00 bits per heavy atom. The number of carbonyl (C=O) groups is 1. The van der Waals surface area contributed by atoms with Gasteiger partial charge >= 0.3 is 5.97 Å². The summed E-state index contributed by atoms with van der Waals surface area (Å²) in [6.45, 7) is 10.0. The van der Waals surface area contributed by atoms with E-state index in [4.69, 9.17) is 5.11 Å². The van der Waals surface area contributed by atoms with Crippen LogP contribution >= 0.6 is 0 Å². The van der Waals surface area contributed by atoms with Crippen molar-refractivity contribution < 1.29 is 14.6 Å². The number of rotatable bonds is 4. The van der Waals surface area contributed by atoms with Gasteiger partial charge in [-0.1, -0.05) is 26.2 Å². The maximum Gasteiger partial charge on any atom is 0.330 e. The van der Waals surface area contributed by atoms with E-state index in [0.717, 1.165) is 6.42 Å². The van der Waals surface area contributed by atoms with Crippen LogP contribution in [0.5, 0.6) is 0 Å². The molecule has 0 amide bonds. The normalized spacial score (nSPS) is 9.23. The average molecular weight is 184 g/mol. The topological polar surface area (TPSA) is 46.5 Å². The van der Waals surface area contributed by atoms with E-state index in [2.05, 4.69) is 17.9 Å². The van der Waals surface area contributed by atoms with Gasteiger partial charge in [0.1, 0.15) is 0 Å². The molecular weight excluding hydrogens is 168 g/mol. The summed E-state index contributed by atoms with van der Waals surface area (Å²) < 4.78 is 4.36. The first-order valence-electron chi connectivity index (χ1n) is 3.87. The monoisotopic (exact) mass is 184 g/mol. The van der Waals surface area contributed by atoms with Crippen LogP contribution in [0.4, 0.5) is 0 Å². The van der Waals surface area contributed by atoms with E-state index in [-0.39, 0.29) is 0 Å². The highest BCUT2D eigenvalue weighted by molar-refractivity contribution is 5.85. The molecule has 3 nitrogen and oxygen atoms in total. The van der Waals surface area contributed by atoms with Crippen molar-refractivity contribution in [2.45, 2.75) is 20.3 Å². The maximum atomic E-state index is 10.0. The Morgan fingerprint density at radius 2 is 1.92 bits per heavy atom. The second-order valence-corrected chi connectivity index (χ2v) is 2.07. The van der Waals surface area contributed by atoms with Crippen molar-refractivity contribution in [3.8, 4) is 0 Å². The van der Waals surface area contributed by atoms with Gasteiger partial charge in [-0.25, -0.2) is 4.79 Å². The summed E-state index contributed by atoms with van der Waals surface area (Å²) in [5.41, 5.74) is 0.424. The highest BCUT2D eigenvalue weighted by Crippen LogP contribution is 1.92. The highest BCUT2D eigenvalue weighted by Gasteiger charge is 1.94. The summed E-state index contributed by atoms with van der Waals surface area (Å²) in [5, 5.41) is 8.24. The van der Waals surface area contributed by atoms with Crippen molar-refractivity contribution in [3.05, 3.63) is 37.3 Å². The Morgan fingerprint density at radius 1 is 1.46 bits per heavy atom. The molecule has 0 radical (unpaired) electrons. The molecule has 0 rings (SSSR count). The molecule has 0 bridgehead atoms. The van der Waals surface area contributed by atoms with E-state index in [0.29, 0.717) is 5.57 Å². The van der Waals surface area contributed by atoms with Crippen LogP contribution in [0.2, 0.25) is 0 Å². The van der Waals surface area contributed by atoms with E-state index in [1.165, 1.54) is 12.5 Å². The summed E-state index contributed by atoms with van der Waals surface area (Å²) in [6, 6.07) is 0. The van der Waals surface area contributed by atoms with Gasteiger partial charge in [0, 0.05) is 5.57 Å². The number of carboxylic acids is 1. The maximum absolute atomic E-state index is 10.0. The zero-order valence-corrected chi connectivity index (χ0v) is 8.12. The molecule has 0 aliphatic carbocycles. The molecule has 0 unspecified atom stereocenters. The third kappa shape index (κ3) is 13.5. The Hall–Kier alpha value is -1.51. The van der Waals surface area contributed by atoms with E-state index >= 15 is 0 Å². The summed E-state index contributed by atoms with van der Waals surface area (Å²) in [4.78, 5) is 10.0. The minimum absolute atomic E-state index is 0.424. The van der Waals surface area contributed by atoms with Crippen LogP contribution in [0.15, 0.2) is 37.3 Å². The Balaban J connectivity index is 0. The van der Waals surface area contributed by atoms with Gasteiger partial charge in [0.25, 0.3) is 0 Å². The van der Waals surface area contributed by atoms with E-state index < -0.39 is 5.97 Å². The van der Waals surface area contributed by atoms with E-state index in [9.17, 15) is 4.79 Å². The van der Waals surface area contributed by atoms with Crippen LogP contribution in [0.1, 0.15) is 20.3 Å². The van der Waals surface area contributed by atoms with Gasteiger partial charge in [0.05, 0.1) is 12.5 Å². The van der Waals surface area contributed by atoms with E-state index in [1.54, 1.807) is 13.0 Å². The molecule has 1 N–H and O–H groups in total. The average Bonchev–Trinajstić information content (AvgIpc) is 2.07. The minimum Gasteiger partial charge on any atom is -0.478 e. The van der Waals surface area contributed by atoms with Gasteiger partial charge in [-0.3, -0.25) is 0 Å². The molecule has 13 heavy (non-hydrogen) atoms. The van der Waals surface area contributed by atoms with Gasteiger partial charge in [0.2, 0.25) is 0 Å². The molecule has 0 fully saturated rings. The van der Waals surface area contributed by atoms with Crippen molar-refractivity contribution in [3.63, 3.8) is 0 Å². The lowest BCUT2D eigenvalue weighted by molar-refractivity contribution is -0.132. The Bertz CT molecular complexity index is 186. The van der Waals surface area contributed by atoms with Gasteiger partial charge < -0.3 is 9.84 Å². The molecular formula is C10H16O3. The molecule has 0 aromatic heterocycles. The standard InChI is InChI=1S/C6H10O2.C4H6O/c1-3-4-5(2)6(7)8;1-3-5-4-2/h4H,3H2,1-2H3,(H,7,8);3-4H,1-2H2. The van der Waals surface area contributed by atoms with Crippen LogP contribution in [0.3, 0.4) is 0 Å². The fraction of sp³-hybridized carbons (Fsp3) is 0.300. The molecule has 0 aromatic rings. The largest absolute Gasteiger partial charge is 0.478 e. The first-order valence-corrected chi connectivity index (χ1v) is 3.87. The number of hydrogen-bond donors (Lipinski definition) is 1. The van der Waals surface area contributed by atoms with Crippen molar-refractivity contribution in [1.29, 1.82) is 0 Å². The van der Waals surface area contributed by atoms with Crippen LogP contribution in [-0.2, 0) is 9.53 Å². The minimum atomic E-state index is -0.827. The molecule has 0 saturated carbocycles. The number of aliphatic carboxylic acids is 1. The molecule has 0 spiro atoms. The SMILES string of the molecule is C=COC=C.CCC=C(C)C(=O)O. The van der Waals surface area contributed by atoms with Crippen molar-refractivity contribution in [2.75, 3.05) is 0 Å². The molecule has 3 heteroatoms. The van der Waals surface area contributed by atoms with Gasteiger partial charge in [-0.2, -0.15) is 0 Å². The fourth-order valence-corrected chi connectivity index (χ4v) is 0.462. The van der Waals surface area contributed by atoms with Crippen molar-refractivity contribution in [1.82, 2.24) is 0 Å². The summed E-state index contributed by atoms with van der Waals surface area (Å²) in [5.74, 6) is -0.827. The van der Waals surface area contributed by atoms with Crippen LogP contribution in [0, 0.1) is 0 Å². The zero-order chi connectivity index (χ0) is 10.7. The molecule has 0 aromatic carbocycles. The first-order chi connectivity index (χ1) is 6.09. The van der Waals surface area contributed by atoms with Gasteiger partial charge in [-0.15, -0.1) is 0 Å². The van der Waals surface area contributed by atoms with Gasteiger partial charge in [0.15, 0.2) is 0 Å². The molecule has 0 atom stereocenters. The Labute approximate surface area is 79.0 Å². The molecule has 74 valence electrons. The predicted octanol–water partition coefficient (Wildman–Crippen LogP) is 2.72. The number of allylic oxidation sites excluding steroid dienone is 1. The lowest BCUT2D eigenvalue weighted by Crippen LogP contribution is -1.94. The predicted molar refractivity (Wildman–Crippen MR) is 53.2 cm³/mol. The summed E-state index contributed by atoms with van der Waals surface area (Å²) >= 11 is 0. The molecule has 0 aliphatic rings. The van der Waals surface area contributed by atoms with Gasteiger partial charge in [-0.05, 0) is 13.3 Å². The first kappa shape index (κ1) is 14.0. The van der Waals surface area contributed by atoms with Crippen LogP contribution < -0.4 is 0 Å². The van der Waals surface area contributed by atoms with Crippen LogP contribution in [0.25, 0.3) is 0 Å². The lowest BCUT2D eigenvalue weighted by Gasteiger charge is -1.87. The van der Waals surface area contributed by atoms with E-state index in [1.807, 2.05) is 6.92 Å². The highest BCUT2D eigenvalue weighted by atomic mass is 16.5. The molecule has 0 heterocycles. The third-order valence-electron chi connectivity index (χ3n) is 1.04. The van der Waals surface area contributed by atoms with Crippen molar-refractivity contribution in [2.24, 2.45) is 0 Å².